The molecule has 0 spiro atoms. The van der Waals surface area contributed by atoms with E-state index in [9.17, 15) is 4.79 Å². The van der Waals surface area contributed by atoms with E-state index in [1.165, 1.54) is 24.7 Å². The van der Waals surface area contributed by atoms with E-state index in [1.54, 1.807) is 4.68 Å². The van der Waals surface area contributed by atoms with Crippen LogP contribution in [0.25, 0.3) is 5.69 Å². The Kier molecular flexibility index (Phi) is 3.23. The molecule has 1 N–H and O–H groups in total. The van der Waals surface area contributed by atoms with E-state index in [0.29, 0.717) is 5.69 Å². The fraction of sp³-hybridized carbons (Fsp3) is 0.357. The fourth-order valence-electron chi connectivity index (χ4n) is 2.63. The second-order valence-corrected chi connectivity index (χ2v) is 4.84. The van der Waals surface area contributed by atoms with E-state index < -0.39 is 5.97 Å². The van der Waals surface area contributed by atoms with Gasteiger partial charge in [0.05, 0.1) is 12.3 Å². The summed E-state index contributed by atoms with van der Waals surface area (Å²) in [6.07, 6.45) is 3.34. The van der Waals surface area contributed by atoms with Crippen LogP contribution in [0.3, 0.4) is 0 Å². The van der Waals surface area contributed by atoms with Crippen LogP contribution in [0.2, 0.25) is 0 Å². The van der Waals surface area contributed by atoms with Gasteiger partial charge in [0.2, 0.25) is 0 Å². The van der Waals surface area contributed by atoms with Crippen molar-refractivity contribution in [2.24, 2.45) is 0 Å². The van der Waals surface area contributed by atoms with Gasteiger partial charge in [-0.3, -0.25) is 0 Å². The van der Waals surface area contributed by atoms with Crippen molar-refractivity contribution in [3.63, 3.8) is 0 Å². The van der Waals surface area contributed by atoms with Gasteiger partial charge in [-0.2, -0.15) is 0 Å². The summed E-state index contributed by atoms with van der Waals surface area (Å²) >= 11 is 0. The van der Waals surface area contributed by atoms with Gasteiger partial charge in [0.1, 0.15) is 5.69 Å². The number of nitrogens with zero attached hydrogens (tertiary/aromatic N) is 3. The molecule has 0 radical (unpaired) electrons. The fourth-order valence-corrected chi connectivity index (χ4v) is 2.63. The molecule has 1 aromatic heterocycles. The number of ether oxygens (including phenoxy) is 1. The predicted molar refractivity (Wildman–Crippen MR) is 71.1 cm³/mol. The van der Waals surface area contributed by atoms with Crippen molar-refractivity contribution < 1.29 is 14.6 Å². The average Bonchev–Trinajstić information content (AvgIpc) is 3.04. The van der Waals surface area contributed by atoms with Crippen LogP contribution >= 0.6 is 0 Å². The molecule has 0 amide bonds. The highest BCUT2D eigenvalue weighted by molar-refractivity contribution is 5.86. The van der Waals surface area contributed by atoms with Crippen molar-refractivity contribution in [1.82, 2.24) is 15.0 Å². The van der Waals surface area contributed by atoms with Gasteiger partial charge >= 0.3 is 5.97 Å². The van der Waals surface area contributed by atoms with Crippen molar-refractivity contribution in [3.05, 3.63) is 40.7 Å². The highest BCUT2D eigenvalue weighted by atomic mass is 16.5. The van der Waals surface area contributed by atoms with E-state index >= 15 is 0 Å². The minimum absolute atomic E-state index is 0.0626. The van der Waals surface area contributed by atoms with Crippen LogP contribution in [0.15, 0.2) is 18.2 Å². The van der Waals surface area contributed by atoms with Gasteiger partial charge in [-0.25, -0.2) is 9.48 Å². The molecule has 0 saturated carbocycles. The molecular weight excluding hydrogens is 258 g/mol. The first kappa shape index (κ1) is 12.8. The van der Waals surface area contributed by atoms with Crippen molar-refractivity contribution >= 4 is 5.97 Å². The lowest BCUT2D eigenvalue weighted by Gasteiger charge is -2.08. The number of aromatic nitrogens is 3. The van der Waals surface area contributed by atoms with E-state index in [2.05, 4.69) is 22.4 Å². The van der Waals surface area contributed by atoms with Crippen LogP contribution in [0.1, 0.15) is 33.7 Å². The molecule has 6 heteroatoms. The third-order valence-corrected chi connectivity index (χ3v) is 3.57. The van der Waals surface area contributed by atoms with Crippen molar-refractivity contribution in [2.45, 2.75) is 25.9 Å². The molecule has 20 heavy (non-hydrogen) atoms. The number of hydrogen-bond donors (Lipinski definition) is 1. The molecule has 0 unspecified atom stereocenters. The Morgan fingerprint density at radius 3 is 2.95 bits per heavy atom. The van der Waals surface area contributed by atoms with E-state index in [0.717, 1.165) is 18.5 Å². The number of aryl methyl sites for hydroxylation is 2. The minimum atomic E-state index is -1.09. The van der Waals surface area contributed by atoms with Crippen LogP contribution in [0.5, 0.6) is 0 Å². The summed E-state index contributed by atoms with van der Waals surface area (Å²) in [6.45, 7) is 0.158. The van der Waals surface area contributed by atoms with Crippen molar-refractivity contribution in [3.8, 4) is 5.69 Å². The largest absolute Gasteiger partial charge is 0.476 e. The second-order valence-electron chi connectivity index (χ2n) is 4.84. The topological polar surface area (TPSA) is 77.2 Å². The zero-order valence-electron chi connectivity index (χ0n) is 11.2. The molecular formula is C14H15N3O3. The number of carboxylic acids is 1. The van der Waals surface area contributed by atoms with E-state index in [1.807, 2.05) is 6.07 Å². The standard InChI is InChI=1S/C14H15N3O3/c1-20-8-12-13(14(18)19)15-16-17(12)11-6-5-9-3-2-4-10(9)7-11/h5-7H,2-4,8H2,1H3,(H,18,19). The second kappa shape index (κ2) is 5.05. The van der Waals surface area contributed by atoms with Crippen molar-refractivity contribution in [2.75, 3.05) is 7.11 Å². The monoisotopic (exact) mass is 273 g/mol. The summed E-state index contributed by atoms with van der Waals surface area (Å²) in [5.41, 5.74) is 3.89. The third kappa shape index (κ3) is 2.08. The Labute approximate surface area is 116 Å². The van der Waals surface area contributed by atoms with Gasteiger partial charge in [-0.15, -0.1) is 5.10 Å². The first-order chi connectivity index (χ1) is 9.70. The Morgan fingerprint density at radius 2 is 2.20 bits per heavy atom. The molecule has 104 valence electrons. The Balaban J connectivity index is 2.07. The highest BCUT2D eigenvalue weighted by Crippen LogP contribution is 2.25. The van der Waals surface area contributed by atoms with Crippen molar-refractivity contribution in [1.29, 1.82) is 0 Å². The summed E-state index contributed by atoms with van der Waals surface area (Å²) in [5.74, 6) is -1.09. The Morgan fingerprint density at radius 1 is 1.40 bits per heavy atom. The molecule has 0 bridgehead atoms. The normalized spacial score (nSPS) is 13.4. The molecule has 3 rings (SSSR count). The minimum Gasteiger partial charge on any atom is -0.476 e. The van der Waals surface area contributed by atoms with Gasteiger partial charge in [0.25, 0.3) is 0 Å². The zero-order chi connectivity index (χ0) is 14.1. The molecule has 2 aromatic rings. The van der Waals surface area contributed by atoms with Crippen LogP contribution < -0.4 is 0 Å². The maximum absolute atomic E-state index is 11.2. The molecule has 1 aromatic carbocycles. The highest BCUT2D eigenvalue weighted by Gasteiger charge is 2.20. The van der Waals surface area contributed by atoms with E-state index in [-0.39, 0.29) is 12.3 Å². The summed E-state index contributed by atoms with van der Waals surface area (Å²) in [5, 5.41) is 16.8. The molecule has 6 nitrogen and oxygen atoms in total. The number of aromatic carboxylic acids is 1. The van der Waals surface area contributed by atoms with Gasteiger partial charge in [0.15, 0.2) is 5.69 Å². The number of benzene rings is 1. The molecule has 0 saturated heterocycles. The number of carbonyl (C=O) groups is 1. The third-order valence-electron chi connectivity index (χ3n) is 3.57. The van der Waals surface area contributed by atoms with Gasteiger partial charge in [-0.05, 0) is 42.5 Å². The molecule has 1 aliphatic rings. The van der Waals surface area contributed by atoms with Crippen LogP contribution in [0.4, 0.5) is 0 Å². The molecule has 0 fully saturated rings. The summed E-state index contributed by atoms with van der Waals surface area (Å²) in [4.78, 5) is 11.2. The molecule has 1 aliphatic carbocycles. The molecule has 1 heterocycles. The smallest absolute Gasteiger partial charge is 0.358 e. The quantitative estimate of drug-likeness (QED) is 0.915. The van der Waals surface area contributed by atoms with Gasteiger partial charge in [0, 0.05) is 7.11 Å². The van der Waals surface area contributed by atoms with Crippen LogP contribution in [-0.2, 0) is 24.2 Å². The first-order valence-corrected chi connectivity index (χ1v) is 6.49. The van der Waals surface area contributed by atoms with Crippen LogP contribution in [-0.4, -0.2) is 33.2 Å². The number of methoxy groups -OCH3 is 1. The van der Waals surface area contributed by atoms with E-state index in [4.69, 9.17) is 9.84 Å². The zero-order valence-corrected chi connectivity index (χ0v) is 11.2. The molecule has 0 aliphatic heterocycles. The van der Waals surface area contributed by atoms with Gasteiger partial charge < -0.3 is 9.84 Å². The maximum Gasteiger partial charge on any atom is 0.358 e. The Bertz CT molecular complexity index is 664. The Hall–Kier alpha value is -2.21. The SMILES string of the molecule is COCc1c(C(=O)O)nnn1-c1ccc2c(c1)CCC2. The summed E-state index contributed by atoms with van der Waals surface area (Å²) in [7, 11) is 1.52. The molecule has 0 atom stereocenters. The number of carboxylic acid groups (broad SMARTS) is 1. The number of hydrogen-bond acceptors (Lipinski definition) is 4. The van der Waals surface area contributed by atoms with Crippen LogP contribution in [0, 0.1) is 0 Å². The number of rotatable bonds is 4. The summed E-state index contributed by atoms with van der Waals surface area (Å²) in [6, 6.07) is 6.09. The lowest BCUT2D eigenvalue weighted by molar-refractivity contribution is 0.0685. The lowest BCUT2D eigenvalue weighted by Crippen LogP contribution is -2.08. The number of fused-ring (bicyclic) bond motifs is 1. The summed E-state index contributed by atoms with van der Waals surface area (Å²) < 4.78 is 6.61. The lowest BCUT2D eigenvalue weighted by atomic mass is 10.1. The van der Waals surface area contributed by atoms with Gasteiger partial charge in [-0.1, -0.05) is 11.3 Å². The average molecular weight is 273 g/mol. The maximum atomic E-state index is 11.2. The first-order valence-electron chi connectivity index (χ1n) is 6.49. The predicted octanol–water partition coefficient (Wildman–Crippen LogP) is 1.60.